The lowest BCUT2D eigenvalue weighted by Gasteiger charge is -2.19. The maximum Gasteiger partial charge on any atom is 0.00670 e. The number of rotatable bonds is 18. The molecule has 0 aromatic rings. The van der Waals surface area contributed by atoms with Crippen molar-refractivity contribution in [3.63, 3.8) is 0 Å². The summed E-state index contributed by atoms with van der Waals surface area (Å²) in [5.74, 6) is 0. The Morgan fingerprint density at radius 3 is 1.36 bits per heavy atom. The molecule has 0 heterocycles. The molecule has 1 nitrogen and oxygen atoms in total. The minimum absolute atomic E-state index is 0.795. The minimum Gasteiger partial charge on any atom is -0.314 e. The average Bonchev–Trinajstić information content (AvgIpc) is 2.53. The van der Waals surface area contributed by atoms with Gasteiger partial charge in [0.15, 0.2) is 0 Å². The van der Waals surface area contributed by atoms with Gasteiger partial charge >= 0.3 is 0 Å². The van der Waals surface area contributed by atoms with Crippen molar-refractivity contribution >= 4 is 0 Å². The number of unbranched alkanes of at least 4 members (excludes halogenated alkanes) is 11. The van der Waals surface area contributed by atoms with Crippen LogP contribution in [0.4, 0.5) is 0 Å². The van der Waals surface area contributed by atoms with Gasteiger partial charge in [-0.1, -0.05) is 104 Å². The van der Waals surface area contributed by atoms with Crippen LogP contribution in [0.5, 0.6) is 0 Å². The van der Waals surface area contributed by atoms with Crippen LogP contribution in [0.3, 0.4) is 0 Å². The number of hydrogen-bond acceptors (Lipinski definition) is 1. The molecule has 0 bridgehead atoms. The van der Waals surface area contributed by atoms with E-state index in [0.29, 0.717) is 0 Å². The van der Waals surface area contributed by atoms with Gasteiger partial charge in [0.25, 0.3) is 0 Å². The highest BCUT2D eigenvalue weighted by atomic mass is 14.9. The molecule has 0 unspecified atom stereocenters. The zero-order chi connectivity index (χ0) is 16.3. The number of hydrogen-bond donors (Lipinski definition) is 1. The van der Waals surface area contributed by atoms with Crippen LogP contribution in [0.25, 0.3) is 0 Å². The maximum absolute atomic E-state index is 3.82. The van der Waals surface area contributed by atoms with Crippen LogP contribution in [-0.4, -0.2) is 12.6 Å². The Kier molecular flexibility index (Phi) is 19.0. The summed E-state index contributed by atoms with van der Waals surface area (Å²) in [4.78, 5) is 0. The monoisotopic (exact) mass is 311 g/mol. The zero-order valence-electron chi connectivity index (χ0n) is 16.1. The predicted molar refractivity (Wildman–Crippen MR) is 103 cm³/mol. The Balaban J connectivity index is 3.65. The molecule has 0 rings (SSSR count). The summed E-state index contributed by atoms with van der Waals surface area (Å²) < 4.78 is 0. The van der Waals surface area contributed by atoms with Crippen molar-refractivity contribution in [3.05, 3.63) is 0 Å². The molecule has 0 aliphatic carbocycles. The molecule has 0 aliphatic rings. The second-order valence-electron chi connectivity index (χ2n) is 7.12. The minimum atomic E-state index is 0.795. The standard InChI is InChI=1S/C21H45N/c1-4-7-10-12-14-16-18-21(22-20-9-6-3)19-17-15-13-11-8-5-2/h21-22H,4-20H2,1-3H3. The van der Waals surface area contributed by atoms with Crippen LogP contribution < -0.4 is 5.32 Å². The summed E-state index contributed by atoms with van der Waals surface area (Å²) in [7, 11) is 0. The highest BCUT2D eigenvalue weighted by molar-refractivity contribution is 4.67. The SMILES string of the molecule is CCCCCCCCC(CCCCCCCC)NCCCC. The van der Waals surface area contributed by atoms with Crippen molar-refractivity contribution in [2.45, 2.75) is 130 Å². The van der Waals surface area contributed by atoms with Gasteiger partial charge in [0.1, 0.15) is 0 Å². The van der Waals surface area contributed by atoms with Crippen molar-refractivity contribution in [1.82, 2.24) is 5.32 Å². The second-order valence-corrected chi connectivity index (χ2v) is 7.12. The third kappa shape index (κ3) is 16.3. The summed E-state index contributed by atoms with van der Waals surface area (Å²) in [6.07, 6.45) is 22.6. The Bertz CT molecular complexity index is 174. The first-order valence-electron chi connectivity index (χ1n) is 10.6. The van der Waals surface area contributed by atoms with E-state index in [-0.39, 0.29) is 0 Å². The number of nitrogens with one attached hydrogen (secondary N) is 1. The lowest BCUT2D eigenvalue weighted by atomic mass is 10.00. The van der Waals surface area contributed by atoms with Crippen LogP contribution in [0.1, 0.15) is 124 Å². The molecular formula is C21H45N. The van der Waals surface area contributed by atoms with Crippen LogP contribution in [0.2, 0.25) is 0 Å². The largest absolute Gasteiger partial charge is 0.314 e. The summed E-state index contributed by atoms with van der Waals surface area (Å²) in [6.45, 7) is 8.12. The maximum atomic E-state index is 3.82. The van der Waals surface area contributed by atoms with E-state index in [0.717, 1.165) is 6.04 Å². The van der Waals surface area contributed by atoms with Crippen molar-refractivity contribution in [2.75, 3.05) is 6.54 Å². The fraction of sp³-hybridized carbons (Fsp3) is 1.00. The molecule has 1 heteroatoms. The molecule has 0 amide bonds. The van der Waals surface area contributed by atoms with Gasteiger partial charge < -0.3 is 5.32 Å². The van der Waals surface area contributed by atoms with Gasteiger partial charge in [0.05, 0.1) is 0 Å². The van der Waals surface area contributed by atoms with Gasteiger partial charge in [-0.15, -0.1) is 0 Å². The summed E-state index contributed by atoms with van der Waals surface area (Å²) in [6, 6.07) is 0.795. The van der Waals surface area contributed by atoms with Gasteiger partial charge in [0.2, 0.25) is 0 Å². The second kappa shape index (κ2) is 19.0. The van der Waals surface area contributed by atoms with E-state index in [4.69, 9.17) is 0 Å². The molecule has 0 fully saturated rings. The van der Waals surface area contributed by atoms with Gasteiger partial charge in [0, 0.05) is 6.04 Å². The van der Waals surface area contributed by atoms with Crippen LogP contribution in [0, 0.1) is 0 Å². The molecule has 0 spiro atoms. The van der Waals surface area contributed by atoms with Gasteiger partial charge in [-0.3, -0.25) is 0 Å². The Hall–Kier alpha value is -0.0400. The molecule has 0 radical (unpaired) electrons. The van der Waals surface area contributed by atoms with Crippen molar-refractivity contribution in [3.8, 4) is 0 Å². The van der Waals surface area contributed by atoms with Gasteiger partial charge in [-0.05, 0) is 25.8 Å². The van der Waals surface area contributed by atoms with E-state index in [2.05, 4.69) is 26.1 Å². The average molecular weight is 312 g/mol. The first kappa shape index (κ1) is 22.0. The highest BCUT2D eigenvalue weighted by Crippen LogP contribution is 2.14. The topological polar surface area (TPSA) is 12.0 Å². The third-order valence-electron chi connectivity index (χ3n) is 4.78. The molecule has 0 aromatic heterocycles. The molecule has 0 aliphatic heterocycles. The smallest absolute Gasteiger partial charge is 0.00670 e. The molecule has 0 atom stereocenters. The van der Waals surface area contributed by atoms with E-state index in [9.17, 15) is 0 Å². The first-order chi connectivity index (χ1) is 10.8. The lowest BCUT2D eigenvalue weighted by molar-refractivity contribution is 0.409. The predicted octanol–water partition coefficient (Wildman–Crippen LogP) is 7.25. The van der Waals surface area contributed by atoms with E-state index >= 15 is 0 Å². The summed E-state index contributed by atoms with van der Waals surface area (Å²) in [5.41, 5.74) is 0. The van der Waals surface area contributed by atoms with E-state index < -0.39 is 0 Å². The normalized spacial score (nSPS) is 11.5. The van der Waals surface area contributed by atoms with E-state index in [1.807, 2.05) is 0 Å². The Labute approximate surface area is 142 Å². The first-order valence-corrected chi connectivity index (χ1v) is 10.6. The quantitative estimate of drug-likeness (QED) is 0.263. The molecular weight excluding hydrogens is 266 g/mol. The van der Waals surface area contributed by atoms with Crippen LogP contribution in [0.15, 0.2) is 0 Å². The molecule has 134 valence electrons. The molecule has 0 saturated carbocycles. The fourth-order valence-corrected chi connectivity index (χ4v) is 3.17. The third-order valence-corrected chi connectivity index (χ3v) is 4.78. The van der Waals surface area contributed by atoms with E-state index in [1.54, 1.807) is 0 Å². The molecule has 1 N–H and O–H groups in total. The van der Waals surface area contributed by atoms with Crippen molar-refractivity contribution in [1.29, 1.82) is 0 Å². The molecule has 0 saturated heterocycles. The summed E-state index contributed by atoms with van der Waals surface area (Å²) in [5, 5.41) is 3.82. The molecule has 22 heavy (non-hydrogen) atoms. The van der Waals surface area contributed by atoms with Crippen molar-refractivity contribution < 1.29 is 0 Å². The van der Waals surface area contributed by atoms with Gasteiger partial charge in [-0.2, -0.15) is 0 Å². The summed E-state index contributed by atoms with van der Waals surface area (Å²) >= 11 is 0. The van der Waals surface area contributed by atoms with Crippen molar-refractivity contribution in [2.24, 2.45) is 0 Å². The van der Waals surface area contributed by atoms with Gasteiger partial charge in [-0.25, -0.2) is 0 Å². The molecule has 0 aromatic carbocycles. The lowest BCUT2D eigenvalue weighted by Crippen LogP contribution is -2.30. The Morgan fingerprint density at radius 2 is 0.909 bits per heavy atom. The van der Waals surface area contributed by atoms with E-state index in [1.165, 1.54) is 109 Å². The highest BCUT2D eigenvalue weighted by Gasteiger charge is 2.07. The van der Waals surface area contributed by atoms with Crippen LogP contribution >= 0.6 is 0 Å². The Morgan fingerprint density at radius 1 is 0.500 bits per heavy atom. The van der Waals surface area contributed by atoms with Crippen LogP contribution in [-0.2, 0) is 0 Å². The zero-order valence-corrected chi connectivity index (χ0v) is 16.1. The fourth-order valence-electron chi connectivity index (χ4n) is 3.17.